The standard InChI is InChI=1S/C17H23NO/c1-17(2)12-15(18-13-8-4-3-5-9-13)14-10-6-7-11-16(14)19-17/h3-4,6-7,10-11,13,15,18H,5,8-9,12H2,1-2H3. The molecule has 2 aliphatic rings. The Bertz CT molecular complexity index is 478. The van der Waals surface area contributed by atoms with E-state index in [0.29, 0.717) is 12.1 Å². The van der Waals surface area contributed by atoms with Gasteiger partial charge in [0, 0.05) is 24.1 Å². The van der Waals surface area contributed by atoms with Gasteiger partial charge in [0.05, 0.1) is 0 Å². The van der Waals surface area contributed by atoms with Crippen molar-refractivity contribution < 1.29 is 4.74 Å². The van der Waals surface area contributed by atoms with Gasteiger partial charge in [-0.15, -0.1) is 0 Å². The van der Waals surface area contributed by atoms with Crippen molar-refractivity contribution in [1.29, 1.82) is 0 Å². The lowest BCUT2D eigenvalue weighted by Gasteiger charge is -2.39. The van der Waals surface area contributed by atoms with E-state index in [2.05, 4.69) is 55.6 Å². The molecule has 2 unspecified atom stereocenters. The molecule has 0 saturated carbocycles. The lowest BCUT2D eigenvalue weighted by molar-refractivity contribution is 0.0633. The minimum absolute atomic E-state index is 0.0868. The summed E-state index contributed by atoms with van der Waals surface area (Å²) in [6.45, 7) is 4.36. The minimum Gasteiger partial charge on any atom is -0.487 e. The Morgan fingerprint density at radius 1 is 1.21 bits per heavy atom. The van der Waals surface area contributed by atoms with E-state index in [0.717, 1.165) is 18.6 Å². The highest BCUT2D eigenvalue weighted by Gasteiger charge is 2.34. The molecule has 1 aliphatic heterocycles. The van der Waals surface area contributed by atoms with Crippen molar-refractivity contribution in [3.05, 3.63) is 42.0 Å². The second-order valence-electron chi connectivity index (χ2n) is 6.30. The van der Waals surface area contributed by atoms with Crippen molar-refractivity contribution in [2.24, 2.45) is 0 Å². The number of rotatable bonds is 2. The largest absolute Gasteiger partial charge is 0.487 e. The lowest BCUT2D eigenvalue weighted by atomic mass is 9.88. The molecule has 2 heteroatoms. The summed E-state index contributed by atoms with van der Waals surface area (Å²) in [6, 6.07) is 9.47. The highest BCUT2D eigenvalue weighted by Crippen LogP contribution is 2.39. The summed E-state index contributed by atoms with van der Waals surface area (Å²) in [5, 5.41) is 3.84. The van der Waals surface area contributed by atoms with E-state index in [1.54, 1.807) is 0 Å². The van der Waals surface area contributed by atoms with Gasteiger partial charge in [0.1, 0.15) is 11.4 Å². The molecular weight excluding hydrogens is 234 g/mol. The summed E-state index contributed by atoms with van der Waals surface area (Å²) in [6.07, 6.45) is 9.23. The fourth-order valence-corrected chi connectivity index (χ4v) is 3.18. The van der Waals surface area contributed by atoms with Gasteiger partial charge in [0.2, 0.25) is 0 Å². The summed E-state index contributed by atoms with van der Waals surface area (Å²) < 4.78 is 6.08. The number of benzene rings is 1. The van der Waals surface area contributed by atoms with E-state index in [-0.39, 0.29) is 5.60 Å². The fourth-order valence-electron chi connectivity index (χ4n) is 3.18. The fraction of sp³-hybridized carbons (Fsp3) is 0.529. The maximum atomic E-state index is 6.08. The van der Waals surface area contributed by atoms with Crippen LogP contribution in [-0.2, 0) is 0 Å². The number of ether oxygens (including phenoxy) is 1. The van der Waals surface area contributed by atoms with Crippen LogP contribution in [0.2, 0.25) is 0 Å². The van der Waals surface area contributed by atoms with E-state index >= 15 is 0 Å². The quantitative estimate of drug-likeness (QED) is 0.809. The molecule has 0 saturated heterocycles. The normalized spacial score (nSPS) is 28.5. The summed E-state index contributed by atoms with van der Waals surface area (Å²) in [5.41, 5.74) is 1.23. The van der Waals surface area contributed by atoms with E-state index in [4.69, 9.17) is 4.74 Å². The van der Waals surface area contributed by atoms with Crippen LogP contribution >= 0.6 is 0 Å². The predicted octanol–water partition coefficient (Wildman–Crippen LogP) is 3.99. The molecule has 0 fully saturated rings. The monoisotopic (exact) mass is 257 g/mol. The predicted molar refractivity (Wildman–Crippen MR) is 78.4 cm³/mol. The average molecular weight is 257 g/mol. The maximum absolute atomic E-state index is 6.08. The van der Waals surface area contributed by atoms with Gasteiger partial charge in [-0.1, -0.05) is 30.4 Å². The van der Waals surface area contributed by atoms with Gasteiger partial charge >= 0.3 is 0 Å². The summed E-state index contributed by atoms with van der Waals surface area (Å²) in [5.74, 6) is 1.04. The molecule has 1 N–H and O–H groups in total. The molecule has 0 aromatic heterocycles. The van der Waals surface area contributed by atoms with Gasteiger partial charge in [-0.25, -0.2) is 0 Å². The molecule has 0 radical (unpaired) electrons. The molecule has 1 aliphatic carbocycles. The topological polar surface area (TPSA) is 21.3 Å². The zero-order valence-corrected chi connectivity index (χ0v) is 11.9. The number of fused-ring (bicyclic) bond motifs is 1. The third-order valence-electron chi connectivity index (χ3n) is 4.08. The van der Waals surface area contributed by atoms with Crippen LogP contribution in [0, 0.1) is 0 Å². The highest BCUT2D eigenvalue weighted by atomic mass is 16.5. The van der Waals surface area contributed by atoms with Crippen molar-refractivity contribution in [3.63, 3.8) is 0 Å². The average Bonchev–Trinajstić information content (AvgIpc) is 2.38. The molecule has 1 aromatic rings. The van der Waals surface area contributed by atoms with Crippen LogP contribution in [0.25, 0.3) is 0 Å². The minimum atomic E-state index is -0.0868. The second kappa shape index (κ2) is 5.01. The molecule has 0 bridgehead atoms. The Kier molecular flexibility index (Phi) is 3.36. The van der Waals surface area contributed by atoms with E-state index in [9.17, 15) is 0 Å². The molecule has 102 valence electrons. The lowest BCUT2D eigenvalue weighted by Crippen LogP contribution is -2.42. The van der Waals surface area contributed by atoms with Gasteiger partial charge in [-0.3, -0.25) is 0 Å². The van der Waals surface area contributed by atoms with Gasteiger partial charge in [0.15, 0.2) is 0 Å². The first-order chi connectivity index (χ1) is 9.14. The Balaban J connectivity index is 1.82. The first-order valence-corrected chi connectivity index (χ1v) is 7.33. The van der Waals surface area contributed by atoms with Gasteiger partial charge < -0.3 is 10.1 Å². The number of hydrogen-bond acceptors (Lipinski definition) is 2. The van der Waals surface area contributed by atoms with Gasteiger partial charge in [-0.2, -0.15) is 0 Å². The molecule has 0 spiro atoms. The molecule has 1 heterocycles. The molecule has 19 heavy (non-hydrogen) atoms. The van der Waals surface area contributed by atoms with Crippen molar-refractivity contribution in [2.75, 3.05) is 0 Å². The summed E-state index contributed by atoms with van der Waals surface area (Å²) in [7, 11) is 0. The van der Waals surface area contributed by atoms with Crippen molar-refractivity contribution in [3.8, 4) is 5.75 Å². The number of hydrogen-bond donors (Lipinski definition) is 1. The van der Waals surface area contributed by atoms with Crippen LogP contribution in [0.5, 0.6) is 5.75 Å². The van der Waals surface area contributed by atoms with Crippen LogP contribution < -0.4 is 10.1 Å². The maximum Gasteiger partial charge on any atom is 0.124 e. The zero-order chi connectivity index (χ0) is 13.3. The Hall–Kier alpha value is -1.28. The highest BCUT2D eigenvalue weighted by molar-refractivity contribution is 5.38. The second-order valence-corrected chi connectivity index (χ2v) is 6.30. The zero-order valence-electron chi connectivity index (χ0n) is 11.9. The third-order valence-corrected chi connectivity index (χ3v) is 4.08. The van der Waals surface area contributed by atoms with Crippen LogP contribution in [0.1, 0.15) is 51.1 Å². The molecule has 0 amide bonds. The van der Waals surface area contributed by atoms with Crippen molar-refractivity contribution in [2.45, 2.75) is 57.2 Å². The van der Waals surface area contributed by atoms with Crippen LogP contribution in [-0.4, -0.2) is 11.6 Å². The van der Waals surface area contributed by atoms with Gasteiger partial charge in [0.25, 0.3) is 0 Å². The molecule has 1 aromatic carbocycles. The third kappa shape index (κ3) is 2.84. The SMILES string of the molecule is CC1(C)CC(NC2CC=CCC2)c2ccccc2O1. The van der Waals surface area contributed by atoms with Crippen LogP contribution in [0.15, 0.2) is 36.4 Å². The Morgan fingerprint density at radius 2 is 2.05 bits per heavy atom. The van der Waals surface area contributed by atoms with Crippen LogP contribution in [0.4, 0.5) is 0 Å². The van der Waals surface area contributed by atoms with Crippen molar-refractivity contribution >= 4 is 0 Å². The Morgan fingerprint density at radius 3 is 2.84 bits per heavy atom. The van der Waals surface area contributed by atoms with E-state index in [1.165, 1.54) is 18.4 Å². The molecule has 3 rings (SSSR count). The summed E-state index contributed by atoms with van der Waals surface area (Å²) in [4.78, 5) is 0. The molecule has 2 atom stereocenters. The summed E-state index contributed by atoms with van der Waals surface area (Å²) >= 11 is 0. The number of nitrogens with one attached hydrogen (secondary N) is 1. The van der Waals surface area contributed by atoms with Crippen LogP contribution in [0.3, 0.4) is 0 Å². The molecule has 2 nitrogen and oxygen atoms in total. The van der Waals surface area contributed by atoms with Gasteiger partial charge in [-0.05, 0) is 39.2 Å². The smallest absolute Gasteiger partial charge is 0.124 e. The Labute approximate surface area is 115 Å². The first kappa shape index (κ1) is 12.7. The molecular formula is C17H23NO. The van der Waals surface area contributed by atoms with E-state index in [1.807, 2.05) is 0 Å². The first-order valence-electron chi connectivity index (χ1n) is 7.33. The van der Waals surface area contributed by atoms with Crippen molar-refractivity contribution in [1.82, 2.24) is 5.32 Å². The number of allylic oxidation sites excluding steroid dienone is 1. The number of para-hydroxylation sites is 1. The van der Waals surface area contributed by atoms with E-state index < -0.39 is 0 Å².